The molecule has 0 heterocycles. The molecule has 0 rings (SSSR count). The van der Waals surface area contributed by atoms with E-state index >= 15 is 0 Å². The summed E-state index contributed by atoms with van der Waals surface area (Å²) in [6.45, 7) is 3.05. The first-order valence-electron chi connectivity index (χ1n) is 4.10. The van der Waals surface area contributed by atoms with Crippen LogP contribution in [0.4, 0.5) is 0 Å². The van der Waals surface area contributed by atoms with Crippen molar-refractivity contribution in [1.82, 2.24) is 0 Å². The lowest BCUT2D eigenvalue weighted by molar-refractivity contribution is -0.156. The van der Waals surface area contributed by atoms with Gasteiger partial charge in [0, 0.05) is 19.8 Å². The molecular formula is C9H14O6. The standard InChI is InChI=1S/C9H14O6/c1-7(9(11)15-6-13-3)4-8(10)14-5-12-2/h1,4-6H2,2-3H3. The molecule has 0 amide bonds. The Morgan fingerprint density at radius 1 is 1.07 bits per heavy atom. The summed E-state index contributed by atoms with van der Waals surface area (Å²) in [7, 11) is 2.76. The van der Waals surface area contributed by atoms with Gasteiger partial charge >= 0.3 is 11.9 Å². The van der Waals surface area contributed by atoms with Crippen molar-refractivity contribution in [3.05, 3.63) is 12.2 Å². The second-order valence-electron chi connectivity index (χ2n) is 2.54. The zero-order valence-electron chi connectivity index (χ0n) is 8.78. The van der Waals surface area contributed by atoms with Gasteiger partial charge in [0.15, 0.2) is 13.6 Å². The number of hydrogen-bond donors (Lipinski definition) is 0. The Labute approximate surface area is 87.7 Å². The molecule has 0 unspecified atom stereocenters. The van der Waals surface area contributed by atoms with Crippen molar-refractivity contribution < 1.29 is 28.5 Å². The summed E-state index contributed by atoms with van der Waals surface area (Å²) in [5, 5.41) is 0. The Morgan fingerprint density at radius 2 is 1.60 bits per heavy atom. The van der Waals surface area contributed by atoms with E-state index in [0.717, 1.165) is 0 Å². The lowest BCUT2D eigenvalue weighted by Gasteiger charge is -2.06. The zero-order chi connectivity index (χ0) is 11.7. The molecule has 0 aromatic heterocycles. The van der Waals surface area contributed by atoms with Crippen molar-refractivity contribution in [2.75, 3.05) is 27.8 Å². The van der Waals surface area contributed by atoms with Crippen molar-refractivity contribution in [3.8, 4) is 0 Å². The molecule has 15 heavy (non-hydrogen) atoms. The van der Waals surface area contributed by atoms with Gasteiger partial charge in [-0.3, -0.25) is 4.79 Å². The summed E-state index contributed by atoms with van der Waals surface area (Å²) >= 11 is 0. The molecule has 0 N–H and O–H groups in total. The maximum atomic E-state index is 11.1. The van der Waals surface area contributed by atoms with Gasteiger partial charge in [0.2, 0.25) is 0 Å². The van der Waals surface area contributed by atoms with E-state index in [9.17, 15) is 9.59 Å². The van der Waals surface area contributed by atoms with Crippen molar-refractivity contribution in [2.45, 2.75) is 6.42 Å². The second-order valence-corrected chi connectivity index (χ2v) is 2.54. The molecule has 0 bridgehead atoms. The Bertz CT molecular complexity index is 235. The largest absolute Gasteiger partial charge is 0.438 e. The van der Waals surface area contributed by atoms with Gasteiger partial charge in [0.05, 0.1) is 6.42 Å². The molecule has 0 saturated carbocycles. The summed E-state index contributed by atoms with van der Waals surface area (Å²) in [6, 6.07) is 0. The molecule has 0 aliphatic rings. The molecule has 0 aliphatic carbocycles. The van der Waals surface area contributed by atoms with E-state index in [2.05, 4.69) is 25.5 Å². The van der Waals surface area contributed by atoms with E-state index in [-0.39, 0.29) is 25.6 Å². The van der Waals surface area contributed by atoms with Crippen LogP contribution in [0.1, 0.15) is 6.42 Å². The quantitative estimate of drug-likeness (QED) is 0.346. The van der Waals surface area contributed by atoms with E-state index in [1.165, 1.54) is 14.2 Å². The van der Waals surface area contributed by atoms with Crippen LogP contribution in [0, 0.1) is 0 Å². The van der Waals surface area contributed by atoms with Gasteiger partial charge in [-0.15, -0.1) is 0 Å². The average molecular weight is 218 g/mol. The zero-order valence-corrected chi connectivity index (χ0v) is 8.78. The van der Waals surface area contributed by atoms with Gasteiger partial charge in [-0.1, -0.05) is 6.58 Å². The predicted octanol–water partition coefficient (Wildman–Crippen LogP) is 0.227. The summed E-state index contributed by atoms with van der Waals surface area (Å²) in [5.41, 5.74) is 0.00755. The van der Waals surface area contributed by atoms with E-state index in [4.69, 9.17) is 0 Å². The summed E-state index contributed by atoms with van der Waals surface area (Å²) in [6.07, 6.45) is -0.230. The number of ether oxygens (including phenoxy) is 4. The van der Waals surface area contributed by atoms with Gasteiger partial charge in [0.1, 0.15) is 0 Å². The smallest absolute Gasteiger partial charge is 0.336 e. The first-order chi connectivity index (χ1) is 7.11. The van der Waals surface area contributed by atoms with Crippen LogP contribution in [0.2, 0.25) is 0 Å². The number of hydrogen-bond acceptors (Lipinski definition) is 6. The van der Waals surface area contributed by atoms with Crippen LogP contribution >= 0.6 is 0 Å². The Kier molecular flexibility index (Phi) is 7.21. The summed E-state index contributed by atoms with van der Waals surface area (Å²) < 4.78 is 18.1. The summed E-state index contributed by atoms with van der Waals surface area (Å²) in [5.74, 6) is -1.29. The minimum Gasteiger partial charge on any atom is -0.438 e. The second kappa shape index (κ2) is 7.95. The van der Waals surface area contributed by atoms with Crippen molar-refractivity contribution in [3.63, 3.8) is 0 Å². The molecule has 0 radical (unpaired) electrons. The van der Waals surface area contributed by atoms with E-state index < -0.39 is 11.9 Å². The fourth-order valence-electron chi connectivity index (χ4n) is 0.637. The molecule has 6 nitrogen and oxygen atoms in total. The van der Waals surface area contributed by atoms with Gasteiger partial charge in [-0.2, -0.15) is 0 Å². The van der Waals surface area contributed by atoms with Crippen LogP contribution in [-0.2, 0) is 28.5 Å². The van der Waals surface area contributed by atoms with Crippen molar-refractivity contribution >= 4 is 11.9 Å². The van der Waals surface area contributed by atoms with Gasteiger partial charge in [-0.05, 0) is 0 Å². The first kappa shape index (κ1) is 13.6. The minimum absolute atomic E-state index is 0.00755. The molecule has 0 atom stereocenters. The third-order valence-electron chi connectivity index (χ3n) is 1.29. The normalized spacial score (nSPS) is 9.47. The molecule has 86 valence electrons. The first-order valence-corrected chi connectivity index (χ1v) is 4.10. The van der Waals surface area contributed by atoms with Crippen LogP contribution in [-0.4, -0.2) is 39.7 Å². The Hall–Kier alpha value is -1.40. The van der Waals surface area contributed by atoms with Gasteiger partial charge in [-0.25, -0.2) is 4.79 Å². The molecule has 0 saturated heterocycles. The lowest BCUT2D eigenvalue weighted by Crippen LogP contribution is -2.14. The number of carbonyl (C=O) groups is 2. The van der Waals surface area contributed by atoms with Crippen LogP contribution in [0.25, 0.3) is 0 Å². The molecule has 0 aliphatic heterocycles. The van der Waals surface area contributed by atoms with Crippen LogP contribution in [0.3, 0.4) is 0 Å². The van der Waals surface area contributed by atoms with E-state index in [1.54, 1.807) is 0 Å². The van der Waals surface area contributed by atoms with E-state index in [0.29, 0.717) is 0 Å². The molecular weight excluding hydrogens is 204 g/mol. The number of methoxy groups -OCH3 is 2. The molecule has 0 fully saturated rings. The third kappa shape index (κ3) is 6.64. The van der Waals surface area contributed by atoms with Gasteiger partial charge < -0.3 is 18.9 Å². The fourth-order valence-corrected chi connectivity index (χ4v) is 0.637. The fraction of sp³-hybridized carbons (Fsp3) is 0.556. The highest BCUT2D eigenvalue weighted by molar-refractivity contribution is 5.93. The van der Waals surface area contributed by atoms with Crippen LogP contribution in [0.15, 0.2) is 12.2 Å². The maximum Gasteiger partial charge on any atom is 0.336 e. The number of rotatable bonds is 7. The third-order valence-corrected chi connectivity index (χ3v) is 1.29. The Balaban J connectivity index is 3.80. The highest BCUT2D eigenvalue weighted by Crippen LogP contribution is 2.02. The minimum atomic E-state index is -0.689. The topological polar surface area (TPSA) is 71.1 Å². The van der Waals surface area contributed by atoms with Gasteiger partial charge in [0.25, 0.3) is 0 Å². The molecule has 0 spiro atoms. The monoisotopic (exact) mass is 218 g/mol. The summed E-state index contributed by atoms with van der Waals surface area (Å²) in [4.78, 5) is 22.1. The number of carbonyl (C=O) groups excluding carboxylic acids is 2. The molecule has 0 aromatic rings. The lowest BCUT2D eigenvalue weighted by atomic mass is 10.2. The molecule has 0 aromatic carbocycles. The SMILES string of the molecule is C=C(CC(=O)OCOC)C(=O)OCOC. The highest BCUT2D eigenvalue weighted by atomic mass is 16.7. The Morgan fingerprint density at radius 3 is 2.13 bits per heavy atom. The average Bonchev–Trinajstić information content (AvgIpc) is 2.22. The van der Waals surface area contributed by atoms with Crippen molar-refractivity contribution in [1.29, 1.82) is 0 Å². The van der Waals surface area contributed by atoms with Crippen LogP contribution < -0.4 is 0 Å². The van der Waals surface area contributed by atoms with E-state index in [1.807, 2.05) is 0 Å². The van der Waals surface area contributed by atoms with Crippen molar-refractivity contribution in [2.24, 2.45) is 0 Å². The van der Waals surface area contributed by atoms with Crippen LogP contribution in [0.5, 0.6) is 0 Å². The highest BCUT2D eigenvalue weighted by Gasteiger charge is 2.13. The number of esters is 2. The predicted molar refractivity (Wildman–Crippen MR) is 49.7 cm³/mol. The molecule has 6 heteroatoms. The maximum absolute atomic E-state index is 11.1.